The van der Waals surface area contributed by atoms with Crippen LogP contribution in [0.25, 0.3) is 5.95 Å². The summed E-state index contributed by atoms with van der Waals surface area (Å²) in [5.74, 6) is 0.360. The molecule has 2 aromatic heterocycles. The molecular formula is C20H23N5O2. The largest absolute Gasteiger partial charge is 0.462 e. The summed E-state index contributed by atoms with van der Waals surface area (Å²) < 4.78 is 6.80. The van der Waals surface area contributed by atoms with E-state index in [0.717, 1.165) is 17.0 Å². The summed E-state index contributed by atoms with van der Waals surface area (Å²) >= 11 is 0. The zero-order chi connectivity index (χ0) is 19.4. The Morgan fingerprint density at radius 2 is 2.00 bits per heavy atom. The molecule has 7 heteroatoms. The lowest BCUT2D eigenvalue weighted by Gasteiger charge is -2.17. The van der Waals surface area contributed by atoms with Gasteiger partial charge >= 0.3 is 5.97 Å². The average Bonchev–Trinajstić information content (AvgIpc) is 3.00. The highest BCUT2D eigenvalue weighted by Crippen LogP contribution is 2.22. The van der Waals surface area contributed by atoms with Crippen molar-refractivity contribution in [2.75, 3.05) is 11.9 Å². The molecule has 0 aliphatic carbocycles. The van der Waals surface area contributed by atoms with Crippen molar-refractivity contribution in [2.24, 2.45) is 0 Å². The number of carbonyl (C=O) groups is 1. The first-order valence-electron chi connectivity index (χ1n) is 8.89. The van der Waals surface area contributed by atoms with Crippen molar-refractivity contribution < 1.29 is 9.53 Å². The van der Waals surface area contributed by atoms with Crippen molar-refractivity contribution in [1.82, 2.24) is 19.7 Å². The van der Waals surface area contributed by atoms with Crippen LogP contribution in [0.1, 0.15) is 47.2 Å². The van der Waals surface area contributed by atoms with Crippen LogP contribution in [-0.4, -0.2) is 32.3 Å². The summed E-state index contributed by atoms with van der Waals surface area (Å²) in [6.45, 7) is 7.90. The highest BCUT2D eigenvalue weighted by atomic mass is 16.5. The Hall–Kier alpha value is -3.22. The molecule has 0 bridgehead atoms. The number of aryl methyl sites for hydroxylation is 2. The fourth-order valence-corrected chi connectivity index (χ4v) is 2.80. The molecule has 0 saturated carbocycles. The molecule has 0 radical (unpaired) electrons. The maximum atomic E-state index is 12.3. The van der Waals surface area contributed by atoms with Crippen LogP contribution < -0.4 is 5.32 Å². The van der Waals surface area contributed by atoms with E-state index in [2.05, 4.69) is 20.4 Å². The first-order chi connectivity index (χ1) is 13.0. The number of nitrogens with zero attached hydrogens (tertiary/aromatic N) is 4. The normalized spacial score (nSPS) is 11.9. The lowest BCUT2D eigenvalue weighted by molar-refractivity contribution is 0.0526. The second kappa shape index (κ2) is 7.99. The van der Waals surface area contributed by atoms with E-state index in [1.54, 1.807) is 11.6 Å². The molecule has 3 aromatic rings. The Morgan fingerprint density at radius 1 is 1.26 bits per heavy atom. The van der Waals surface area contributed by atoms with Crippen LogP contribution in [0.15, 0.2) is 42.6 Å². The van der Waals surface area contributed by atoms with E-state index >= 15 is 0 Å². The van der Waals surface area contributed by atoms with Gasteiger partial charge in [-0.2, -0.15) is 10.1 Å². The Balaban J connectivity index is 2.00. The Kier molecular flexibility index (Phi) is 5.49. The van der Waals surface area contributed by atoms with E-state index in [0.29, 0.717) is 17.3 Å². The highest BCUT2D eigenvalue weighted by Gasteiger charge is 2.19. The number of benzene rings is 1. The fourth-order valence-electron chi connectivity index (χ4n) is 2.80. The smallest absolute Gasteiger partial charge is 0.343 e. The lowest BCUT2D eigenvalue weighted by atomic mass is 10.1. The van der Waals surface area contributed by atoms with E-state index in [4.69, 9.17) is 4.74 Å². The quantitative estimate of drug-likeness (QED) is 0.672. The van der Waals surface area contributed by atoms with Gasteiger partial charge in [0.1, 0.15) is 11.4 Å². The van der Waals surface area contributed by atoms with Crippen molar-refractivity contribution in [3.05, 3.63) is 65.1 Å². The second-order valence-electron chi connectivity index (χ2n) is 6.27. The van der Waals surface area contributed by atoms with Gasteiger partial charge in [-0.3, -0.25) is 0 Å². The summed E-state index contributed by atoms with van der Waals surface area (Å²) in [4.78, 5) is 21.2. The van der Waals surface area contributed by atoms with Crippen molar-refractivity contribution in [2.45, 2.75) is 33.7 Å². The van der Waals surface area contributed by atoms with Crippen molar-refractivity contribution in [1.29, 1.82) is 0 Å². The standard InChI is InChI=1S/C20H23N5O2/c1-5-27-19(26)17-12-21-20(25-14(3)11-13(2)24-25)23-18(17)22-15(4)16-9-7-6-8-10-16/h6-12,15H,5H2,1-4H3,(H,21,22,23)/t15-/m1/s1. The molecule has 0 aliphatic rings. The minimum atomic E-state index is -0.458. The van der Waals surface area contributed by atoms with Crippen LogP contribution in [0.2, 0.25) is 0 Å². The molecule has 3 rings (SSSR count). The second-order valence-corrected chi connectivity index (χ2v) is 6.27. The van der Waals surface area contributed by atoms with Crippen molar-refractivity contribution >= 4 is 11.8 Å². The number of nitrogens with one attached hydrogen (secondary N) is 1. The van der Waals surface area contributed by atoms with Gasteiger partial charge in [-0.1, -0.05) is 30.3 Å². The molecule has 0 spiro atoms. The van der Waals surface area contributed by atoms with Gasteiger partial charge in [-0.25, -0.2) is 14.5 Å². The van der Waals surface area contributed by atoms with E-state index in [1.165, 1.54) is 6.20 Å². The molecule has 0 unspecified atom stereocenters. The number of aromatic nitrogens is 4. The predicted molar refractivity (Wildman–Crippen MR) is 103 cm³/mol. The van der Waals surface area contributed by atoms with Gasteiger partial charge in [0.25, 0.3) is 5.95 Å². The summed E-state index contributed by atoms with van der Waals surface area (Å²) in [6.07, 6.45) is 1.48. The SMILES string of the molecule is CCOC(=O)c1cnc(-n2nc(C)cc2C)nc1N[C@H](C)c1ccccc1. The van der Waals surface area contributed by atoms with Gasteiger partial charge in [0.2, 0.25) is 0 Å². The third kappa shape index (κ3) is 4.13. The molecule has 27 heavy (non-hydrogen) atoms. The molecule has 0 saturated heterocycles. The monoisotopic (exact) mass is 365 g/mol. The number of esters is 1. The number of carbonyl (C=O) groups excluding carboxylic acids is 1. The molecule has 0 amide bonds. The van der Waals surface area contributed by atoms with Crippen molar-refractivity contribution in [3.63, 3.8) is 0 Å². The van der Waals surface area contributed by atoms with Crippen LogP contribution in [-0.2, 0) is 4.74 Å². The van der Waals surface area contributed by atoms with E-state index < -0.39 is 5.97 Å². The number of hydrogen-bond donors (Lipinski definition) is 1. The van der Waals surface area contributed by atoms with Gasteiger partial charge in [0.15, 0.2) is 0 Å². The highest BCUT2D eigenvalue weighted by molar-refractivity contribution is 5.94. The number of anilines is 1. The van der Waals surface area contributed by atoms with Gasteiger partial charge in [0.05, 0.1) is 12.3 Å². The molecule has 140 valence electrons. The third-order valence-electron chi connectivity index (χ3n) is 4.12. The summed E-state index contributed by atoms with van der Waals surface area (Å²) in [5, 5.41) is 7.73. The van der Waals surface area contributed by atoms with Crippen molar-refractivity contribution in [3.8, 4) is 5.95 Å². The van der Waals surface area contributed by atoms with E-state index in [1.807, 2.05) is 57.2 Å². The fraction of sp³-hybridized carbons (Fsp3) is 0.300. The molecule has 2 heterocycles. The van der Waals surface area contributed by atoms with E-state index in [9.17, 15) is 4.79 Å². The zero-order valence-corrected chi connectivity index (χ0v) is 15.9. The number of hydrogen-bond acceptors (Lipinski definition) is 6. The first-order valence-corrected chi connectivity index (χ1v) is 8.89. The Morgan fingerprint density at radius 3 is 2.63 bits per heavy atom. The topological polar surface area (TPSA) is 81.9 Å². The summed E-state index contributed by atoms with van der Waals surface area (Å²) in [6, 6.07) is 11.8. The van der Waals surface area contributed by atoms with Crippen LogP contribution in [0, 0.1) is 13.8 Å². The number of rotatable bonds is 6. The van der Waals surface area contributed by atoms with E-state index in [-0.39, 0.29) is 12.6 Å². The third-order valence-corrected chi connectivity index (χ3v) is 4.12. The van der Waals surface area contributed by atoms with Crippen LogP contribution >= 0.6 is 0 Å². The molecule has 7 nitrogen and oxygen atoms in total. The molecule has 1 N–H and O–H groups in total. The summed E-state index contributed by atoms with van der Waals surface area (Å²) in [7, 11) is 0. The maximum absolute atomic E-state index is 12.3. The molecule has 1 atom stereocenters. The average molecular weight is 365 g/mol. The minimum Gasteiger partial charge on any atom is -0.462 e. The Bertz CT molecular complexity index is 937. The van der Waals surface area contributed by atoms with Crippen LogP contribution in [0.5, 0.6) is 0 Å². The lowest BCUT2D eigenvalue weighted by Crippen LogP contribution is -2.17. The first kappa shape index (κ1) is 18.6. The molecule has 0 aliphatic heterocycles. The van der Waals surface area contributed by atoms with Gasteiger partial charge in [-0.05, 0) is 39.3 Å². The molecule has 0 fully saturated rings. The maximum Gasteiger partial charge on any atom is 0.343 e. The van der Waals surface area contributed by atoms with Gasteiger partial charge in [-0.15, -0.1) is 0 Å². The van der Waals surface area contributed by atoms with Gasteiger partial charge < -0.3 is 10.1 Å². The van der Waals surface area contributed by atoms with Crippen LogP contribution in [0.3, 0.4) is 0 Å². The summed E-state index contributed by atoms with van der Waals surface area (Å²) in [5.41, 5.74) is 3.17. The molecular weight excluding hydrogens is 342 g/mol. The van der Waals surface area contributed by atoms with Gasteiger partial charge in [0, 0.05) is 17.9 Å². The number of ether oxygens (including phenoxy) is 1. The van der Waals surface area contributed by atoms with Crippen LogP contribution in [0.4, 0.5) is 5.82 Å². The zero-order valence-electron chi connectivity index (χ0n) is 15.9. The minimum absolute atomic E-state index is 0.0532. The molecule has 1 aromatic carbocycles. The Labute approximate surface area is 158 Å². The predicted octanol–water partition coefficient (Wildman–Crippen LogP) is 3.63.